The molecule has 5 heteroatoms. The molecule has 0 fully saturated rings. The first-order chi connectivity index (χ1) is 8.16. The average molecular weight is 228 g/mol. The molecule has 0 unspecified atom stereocenters. The van der Waals surface area contributed by atoms with Gasteiger partial charge in [-0.1, -0.05) is 0 Å². The molecule has 0 aliphatic heterocycles. The van der Waals surface area contributed by atoms with Crippen molar-refractivity contribution in [2.45, 2.75) is 13.8 Å². The van der Waals surface area contributed by atoms with Crippen molar-refractivity contribution in [1.82, 2.24) is 18.9 Å². The second-order valence-electron chi connectivity index (χ2n) is 4.03. The van der Waals surface area contributed by atoms with Crippen molar-refractivity contribution in [1.29, 1.82) is 0 Å². The Morgan fingerprint density at radius 1 is 1.29 bits per heavy atom. The highest BCUT2D eigenvalue weighted by atomic mass is 16.3. The molecular formula is C12H12N4O. The van der Waals surface area contributed by atoms with Crippen molar-refractivity contribution < 1.29 is 5.11 Å². The maximum Gasteiger partial charge on any atom is 0.161 e. The van der Waals surface area contributed by atoms with Crippen molar-refractivity contribution in [3.63, 3.8) is 0 Å². The molecule has 0 saturated heterocycles. The van der Waals surface area contributed by atoms with E-state index in [2.05, 4.69) is 9.97 Å². The van der Waals surface area contributed by atoms with E-state index >= 15 is 0 Å². The predicted octanol–water partition coefficient (Wildman–Crippen LogP) is 1.84. The fourth-order valence-electron chi connectivity index (χ4n) is 1.93. The topological polar surface area (TPSA) is 55.3 Å². The van der Waals surface area contributed by atoms with Gasteiger partial charge in [0.1, 0.15) is 5.75 Å². The van der Waals surface area contributed by atoms with Gasteiger partial charge < -0.3 is 9.67 Å². The molecule has 0 bridgehead atoms. The number of imidazole rings is 2. The van der Waals surface area contributed by atoms with E-state index < -0.39 is 0 Å². The first kappa shape index (κ1) is 9.89. The molecule has 0 aliphatic carbocycles. The number of hydrogen-bond donors (Lipinski definition) is 1. The van der Waals surface area contributed by atoms with Crippen LogP contribution in [0.25, 0.3) is 11.3 Å². The number of aromatic hydroxyl groups is 1. The van der Waals surface area contributed by atoms with Crippen molar-refractivity contribution in [3.05, 3.63) is 42.4 Å². The SMILES string of the molecule is Cc1nc2c(-n3ccnc3)cc(O)cn2c1C. The molecule has 1 N–H and O–H groups in total. The standard InChI is InChI=1S/C12H12N4O/c1-8-9(2)16-6-10(17)5-11(12(16)14-8)15-4-3-13-7-15/h3-7,17H,1-2H3. The van der Waals surface area contributed by atoms with Gasteiger partial charge in [0.25, 0.3) is 0 Å². The third-order valence-corrected chi connectivity index (χ3v) is 2.94. The van der Waals surface area contributed by atoms with Crippen LogP contribution in [-0.4, -0.2) is 24.0 Å². The maximum absolute atomic E-state index is 9.76. The third-order valence-electron chi connectivity index (χ3n) is 2.94. The Hall–Kier alpha value is -2.30. The lowest BCUT2D eigenvalue weighted by atomic mass is 10.3. The minimum Gasteiger partial charge on any atom is -0.506 e. The molecule has 5 nitrogen and oxygen atoms in total. The normalized spacial score (nSPS) is 11.2. The van der Waals surface area contributed by atoms with E-state index in [9.17, 15) is 5.11 Å². The molecule has 0 aromatic carbocycles. The summed E-state index contributed by atoms with van der Waals surface area (Å²) in [6.07, 6.45) is 6.89. The van der Waals surface area contributed by atoms with Gasteiger partial charge in [-0.15, -0.1) is 0 Å². The number of aryl methyl sites for hydroxylation is 2. The van der Waals surface area contributed by atoms with Crippen molar-refractivity contribution in [3.8, 4) is 11.4 Å². The molecule has 3 aromatic heterocycles. The van der Waals surface area contributed by atoms with E-state index in [1.807, 2.05) is 29.0 Å². The average Bonchev–Trinajstić information content (AvgIpc) is 2.90. The fraction of sp³-hybridized carbons (Fsp3) is 0.167. The van der Waals surface area contributed by atoms with Gasteiger partial charge in [-0.2, -0.15) is 0 Å². The molecule has 0 amide bonds. The van der Waals surface area contributed by atoms with Crippen LogP contribution in [0.2, 0.25) is 0 Å². The summed E-state index contributed by atoms with van der Waals surface area (Å²) in [5.74, 6) is 0.210. The van der Waals surface area contributed by atoms with Crippen LogP contribution < -0.4 is 0 Å². The van der Waals surface area contributed by atoms with Crippen molar-refractivity contribution >= 4 is 5.65 Å². The van der Waals surface area contributed by atoms with Crippen LogP contribution in [0.3, 0.4) is 0 Å². The minimum atomic E-state index is 0.210. The molecule has 3 rings (SSSR count). The van der Waals surface area contributed by atoms with Gasteiger partial charge in [0.05, 0.1) is 23.9 Å². The van der Waals surface area contributed by atoms with Crippen LogP contribution in [0, 0.1) is 13.8 Å². The molecule has 86 valence electrons. The van der Waals surface area contributed by atoms with E-state index in [4.69, 9.17) is 0 Å². The molecule has 0 saturated carbocycles. The van der Waals surface area contributed by atoms with Gasteiger partial charge in [0.2, 0.25) is 0 Å². The van der Waals surface area contributed by atoms with E-state index in [1.165, 1.54) is 0 Å². The minimum absolute atomic E-state index is 0.210. The molecular weight excluding hydrogens is 216 g/mol. The second kappa shape index (κ2) is 3.35. The van der Waals surface area contributed by atoms with Gasteiger partial charge >= 0.3 is 0 Å². The largest absolute Gasteiger partial charge is 0.506 e. The number of aromatic nitrogens is 4. The summed E-state index contributed by atoms with van der Waals surface area (Å²) in [6.45, 7) is 3.93. The van der Waals surface area contributed by atoms with Gasteiger partial charge in [0.15, 0.2) is 5.65 Å². The molecule has 0 aliphatic rings. The summed E-state index contributed by atoms with van der Waals surface area (Å²) in [6, 6.07) is 1.68. The van der Waals surface area contributed by atoms with E-state index in [1.54, 1.807) is 24.8 Å². The lowest BCUT2D eigenvalue weighted by molar-refractivity contribution is 0.471. The van der Waals surface area contributed by atoms with Gasteiger partial charge in [0, 0.05) is 24.2 Å². The van der Waals surface area contributed by atoms with E-state index in [-0.39, 0.29) is 5.75 Å². The molecule has 3 heterocycles. The Balaban J connectivity index is 2.42. The number of hydrogen-bond acceptors (Lipinski definition) is 3. The maximum atomic E-state index is 9.76. The van der Waals surface area contributed by atoms with E-state index in [0.29, 0.717) is 0 Å². The van der Waals surface area contributed by atoms with Crippen LogP contribution >= 0.6 is 0 Å². The quantitative estimate of drug-likeness (QED) is 0.691. The zero-order chi connectivity index (χ0) is 12.0. The number of pyridine rings is 1. The van der Waals surface area contributed by atoms with Crippen molar-refractivity contribution in [2.24, 2.45) is 0 Å². The Labute approximate surface area is 98.0 Å². The summed E-state index contributed by atoms with van der Waals surface area (Å²) in [4.78, 5) is 8.52. The van der Waals surface area contributed by atoms with Crippen LogP contribution in [0.15, 0.2) is 31.0 Å². The molecule has 3 aromatic rings. The predicted molar refractivity (Wildman–Crippen MR) is 63.5 cm³/mol. The second-order valence-corrected chi connectivity index (χ2v) is 4.03. The van der Waals surface area contributed by atoms with Crippen LogP contribution in [-0.2, 0) is 0 Å². The Kier molecular flexibility index (Phi) is 1.95. The van der Waals surface area contributed by atoms with Gasteiger partial charge in [-0.25, -0.2) is 9.97 Å². The smallest absolute Gasteiger partial charge is 0.161 e. The number of rotatable bonds is 1. The number of fused-ring (bicyclic) bond motifs is 1. The van der Waals surface area contributed by atoms with Crippen LogP contribution in [0.5, 0.6) is 5.75 Å². The van der Waals surface area contributed by atoms with Gasteiger partial charge in [-0.05, 0) is 13.8 Å². The molecule has 0 atom stereocenters. The lowest BCUT2D eigenvalue weighted by Gasteiger charge is -2.06. The van der Waals surface area contributed by atoms with Crippen LogP contribution in [0.1, 0.15) is 11.4 Å². The first-order valence-electron chi connectivity index (χ1n) is 5.33. The van der Waals surface area contributed by atoms with Crippen LogP contribution in [0.4, 0.5) is 0 Å². The Morgan fingerprint density at radius 2 is 2.12 bits per heavy atom. The number of nitrogens with zero attached hydrogens (tertiary/aromatic N) is 4. The van der Waals surface area contributed by atoms with Crippen molar-refractivity contribution in [2.75, 3.05) is 0 Å². The van der Waals surface area contributed by atoms with E-state index in [0.717, 1.165) is 22.7 Å². The lowest BCUT2D eigenvalue weighted by Crippen LogP contribution is -1.96. The monoisotopic (exact) mass is 228 g/mol. The summed E-state index contributed by atoms with van der Waals surface area (Å²) < 4.78 is 3.72. The van der Waals surface area contributed by atoms with Gasteiger partial charge in [-0.3, -0.25) is 4.40 Å². The Bertz CT molecular complexity index is 682. The highest BCUT2D eigenvalue weighted by Gasteiger charge is 2.11. The highest BCUT2D eigenvalue weighted by Crippen LogP contribution is 2.23. The zero-order valence-corrected chi connectivity index (χ0v) is 9.62. The third kappa shape index (κ3) is 1.39. The summed E-state index contributed by atoms with van der Waals surface area (Å²) >= 11 is 0. The fourth-order valence-corrected chi connectivity index (χ4v) is 1.93. The molecule has 0 radical (unpaired) electrons. The summed E-state index contributed by atoms with van der Waals surface area (Å²) in [5.41, 5.74) is 3.61. The first-order valence-corrected chi connectivity index (χ1v) is 5.33. The highest BCUT2D eigenvalue weighted by molar-refractivity contribution is 5.63. The Morgan fingerprint density at radius 3 is 2.82 bits per heavy atom. The molecule has 17 heavy (non-hydrogen) atoms. The summed E-state index contributed by atoms with van der Waals surface area (Å²) in [5, 5.41) is 9.76. The summed E-state index contributed by atoms with van der Waals surface area (Å²) in [7, 11) is 0. The zero-order valence-electron chi connectivity index (χ0n) is 9.62. The molecule has 0 spiro atoms.